The molecule has 6 heteroatoms. The second-order valence-corrected chi connectivity index (χ2v) is 12.2. The summed E-state index contributed by atoms with van der Waals surface area (Å²) in [5.41, 5.74) is 3.75. The van der Waals surface area contributed by atoms with Crippen LogP contribution in [0.15, 0.2) is 72.9 Å². The Bertz CT molecular complexity index is 1120. The van der Waals surface area contributed by atoms with Gasteiger partial charge in [0.1, 0.15) is 18.3 Å². The number of hydrogen-bond acceptors (Lipinski definition) is 6. The number of aliphatic hydroxyl groups is 2. The van der Waals surface area contributed by atoms with E-state index in [0.29, 0.717) is 31.1 Å². The molecule has 2 unspecified atom stereocenters. The second kappa shape index (κ2) is 13.4. The van der Waals surface area contributed by atoms with E-state index in [9.17, 15) is 15.0 Å². The lowest BCUT2D eigenvalue weighted by atomic mass is 9.83. The van der Waals surface area contributed by atoms with Gasteiger partial charge in [0.05, 0.1) is 24.4 Å². The van der Waals surface area contributed by atoms with Crippen molar-refractivity contribution < 1.29 is 29.2 Å². The predicted octanol–water partition coefficient (Wildman–Crippen LogP) is 5.18. The van der Waals surface area contributed by atoms with Crippen molar-refractivity contribution in [1.29, 1.82) is 0 Å². The number of epoxide rings is 1. The summed E-state index contributed by atoms with van der Waals surface area (Å²) in [6.07, 6.45) is 15.2. The maximum absolute atomic E-state index is 12.8. The van der Waals surface area contributed by atoms with Crippen LogP contribution in [0.1, 0.15) is 63.0 Å². The Labute approximate surface area is 238 Å². The van der Waals surface area contributed by atoms with Crippen LogP contribution in [0.25, 0.3) is 0 Å². The van der Waals surface area contributed by atoms with Crippen LogP contribution >= 0.6 is 0 Å². The highest BCUT2D eigenvalue weighted by molar-refractivity contribution is 5.82. The molecule has 3 aliphatic heterocycles. The van der Waals surface area contributed by atoms with Crippen LogP contribution in [0.2, 0.25) is 0 Å². The molecule has 216 valence electrons. The highest BCUT2D eigenvalue weighted by Crippen LogP contribution is 2.35. The zero-order valence-corrected chi connectivity index (χ0v) is 23.6. The third-order valence-corrected chi connectivity index (χ3v) is 8.62. The monoisotopic (exact) mass is 548 g/mol. The fraction of sp³-hybridized carbons (Fsp3) is 0.559. The van der Waals surface area contributed by atoms with Gasteiger partial charge >= 0.3 is 5.97 Å². The number of cyclic esters (lactones) is 1. The molecule has 0 amide bonds. The number of aliphatic hydroxyl groups excluding tert-OH is 2. The molecule has 2 N–H and O–H groups in total. The van der Waals surface area contributed by atoms with Crippen molar-refractivity contribution in [3.05, 3.63) is 84.0 Å². The van der Waals surface area contributed by atoms with Crippen molar-refractivity contribution in [1.82, 2.24) is 0 Å². The normalized spacial score (nSPS) is 37.0. The minimum Gasteiger partial charge on any atom is -0.456 e. The Morgan fingerprint density at radius 3 is 2.73 bits per heavy atom. The fourth-order valence-electron chi connectivity index (χ4n) is 6.48. The van der Waals surface area contributed by atoms with Crippen molar-refractivity contribution >= 4 is 5.97 Å². The quantitative estimate of drug-likeness (QED) is 0.308. The number of hydrogen-bond donors (Lipinski definition) is 2. The summed E-state index contributed by atoms with van der Waals surface area (Å²) in [6.45, 7) is 6.42. The van der Waals surface area contributed by atoms with Crippen molar-refractivity contribution in [3.8, 4) is 0 Å². The molecule has 0 radical (unpaired) electrons. The molecule has 5 rings (SSSR count). The lowest BCUT2D eigenvalue weighted by Gasteiger charge is -2.28. The Hall–Kier alpha value is -2.51. The van der Waals surface area contributed by atoms with Crippen molar-refractivity contribution in [2.24, 2.45) is 11.8 Å². The van der Waals surface area contributed by atoms with Gasteiger partial charge in [-0.05, 0) is 74.3 Å². The van der Waals surface area contributed by atoms with Crippen molar-refractivity contribution in [2.75, 3.05) is 0 Å². The minimum absolute atomic E-state index is 0.0792. The zero-order chi connectivity index (χ0) is 28.1. The molecule has 1 fully saturated rings. The average molecular weight is 549 g/mol. The first-order valence-corrected chi connectivity index (χ1v) is 15.0. The van der Waals surface area contributed by atoms with Crippen LogP contribution in [-0.2, 0) is 31.8 Å². The molecule has 0 aromatic heterocycles. The van der Waals surface area contributed by atoms with Gasteiger partial charge in [0.15, 0.2) is 0 Å². The van der Waals surface area contributed by atoms with Gasteiger partial charge < -0.3 is 24.4 Å². The first-order chi connectivity index (χ1) is 19.3. The Morgan fingerprint density at radius 2 is 1.88 bits per heavy atom. The van der Waals surface area contributed by atoms with Gasteiger partial charge in [0, 0.05) is 12.5 Å². The van der Waals surface area contributed by atoms with E-state index >= 15 is 0 Å². The Kier molecular flexibility index (Phi) is 9.74. The van der Waals surface area contributed by atoms with Crippen LogP contribution in [0, 0.1) is 11.8 Å². The first-order valence-electron chi connectivity index (χ1n) is 15.0. The van der Waals surface area contributed by atoms with E-state index in [-0.39, 0.29) is 24.4 Å². The molecule has 1 aromatic carbocycles. The molecule has 2 bridgehead atoms. The van der Waals surface area contributed by atoms with E-state index in [1.165, 1.54) is 17.2 Å². The van der Waals surface area contributed by atoms with Crippen molar-refractivity contribution in [3.63, 3.8) is 0 Å². The number of rotatable bonds is 3. The number of carbonyl (C=O) groups is 1. The van der Waals surface area contributed by atoms with E-state index in [4.69, 9.17) is 14.2 Å². The third-order valence-electron chi connectivity index (χ3n) is 8.62. The SMILES string of the molecule is C=C1C[C@H](C)C[C@@H]2CC=C[C@@H](C/C=C\C(=O)OC([C@@H](O)/C=C/C3CCc4ccccc4C3)C[C@@H]3O[C@H]3[C@@H](O)C1)O2. The summed E-state index contributed by atoms with van der Waals surface area (Å²) in [6, 6.07) is 8.51. The third kappa shape index (κ3) is 8.03. The van der Waals surface area contributed by atoms with E-state index in [1.807, 2.05) is 0 Å². The second-order valence-electron chi connectivity index (χ2n) is 12.2. The summed E-state index contributed by atoms with van der Waals surface area (Å²) >= 11 is 0. The summed E-state index contributed by atoms with van der Waals surface area (Å²) in [5.74, 6) is 0.217. The van der Waals surface area contributed by atoms with Crippen molar-refractivity contribution in [2.45, 2.75) is 107 Å². The summed E-state index contributed by atoms with van der Waals surface area (Å²) in [7, 11) is 0. The molecule has 3 heterocycles. The van der Waals surface area contributed by atoms with Crippen LogP contribution in [-0.4, -0.2) is 58.9 Å². The zero-order valence-electron chi connectivity index (χ0n) is 23.6. The van der Waals surface area contributed by atoms with E-state index in [2.05, 4.69) is 56.0 Å². The van der Waals surface area contributed by atoms with E-state index in [1.54, 1.807) is 12.2 Å². The largest absolute Gasteiger partial charge is 0.456 e. The predicted molar refractivity (Wildman–Crippen MR) is 155 cm³/mol. The fourth-order valence-corrected chi connectivity index (χ4v) is 6.48. The van der Waals surface area contributed by atoms with Crippen LogP contribution in [0.3, 0.4) is 0 Å². The van der Waals surface area contributed by atoms with Gasteiger partial charge in [-0.1, -0.05) is 73.7 Å². The van der Waals surface area contributed by atoms with Crippen LogP contribution < -0.4 is 0 Å². The van der Waals surface area contributed by atoms with E-state index in [0.717, 1.165) is 44.1 Å². The Balaban J connectivity index is 1.26. The molecule has 6 nitrogen and oxygen atoms in total. The highest BCUT2D eigenvalue weighted by atomic mass is 16.6. The molecule has 9 atom stereocenters. The number of ether oxygens (including phenoxy) is 3. The van der Waals surface area contributed by atoms with Gasteiger partial charge in [0.25, 0.3) is 0 Å². The first kappa shape index (κ1) is 29.0. The molecule has 1 aliphatic carbocycles. The number of aryl methyl sites for hydroxylation is 1. The molecular formula is C34H44O6. The number of benzene rings is 1. The van der Waals surface area contributed by atoms with Gasteiger partial charge in [-0.2, -0.15) is 0 Å². The summed E-state index contributed by atoms with van der Waals surface area (Å²) < 4.78 is 17.8. The average Bonchev–Trinajstić information content (AvgIpc) is 3.70. The maximum atomic E-state index is 12.8. The molecule has 4 aliphatic rings. The van der Waals surface area contributed by atoms with Gasteiger partial charge in [-0.25, -0.2) is 4.79 Å². The Morgan fingerprint density at radius 1 is 1.05 bits per heavy atom. The van der Waals surface area contributed by atoms with E-state index < -0.39 is 24.3 Å². The molecule has 1 aromatic rings. The minimum atomic E-state index is -0.969. The maximum Gasteiger partial charge on any atom is 0.330 e. The summed E-state index contributed by atoms with van der Waals surface area (Å²) in [5, 5.41) is 21.9. The van der Waals surface area contributed by atoms with Crippen LogP contribution in [0.4, 0.5) is 0 Å². The van der Waals surface area contributed by atoms with Gasteiger partial charge in [0.2, 0.25) is 0 Å². The van der Waals surface area contributed by atoms with Crippen LogP contribution in [0.5, 0.6) is 0 Å². The molecule has 40 heavy (non-hydrogen) atoms. The molecule has 1 saturated heterocycles. The lowest BCUT2D eigenvalue weighted by molar-refractivity contribution is -0.148. The molecule has 0 spiro atoms. The standard InChI is InChI=1S/C34H44O6/c1-22-17-23(2)19-30(36)34-32(40-34)21-31(39-33(37)12-6-10-27-9-5-11-28(18-22)38-27)29(35)16-14-24-13-15-25-7-3-4-8-26(25)20-24/h3-9,12,14,16,22,24,27-32,34-36H,2,10-11,13,15,17-21H2,1H3/b12-6-,16-14+/t22-,24?,27-,28-,29-,30-,31?,32-,34-/m0/s1. The number of esters is 1. The molecule has 0 saturated carbocycles. The van der Waals surface area contributed by atoms with Gasteiger partial charge in [-0.15, -0.1) is 0 Å². The lowest BCUT2D eigenvalue weighted by Crippen LogP contribution is -2.32. The molecular weight excluding hydrogens is 504 g/mol. The topological polar surface area (TPSA) is 88.5 Å². The summed E-state index contributed by atoms with van der Waals surface area (Å²) in [4.78, 5) is 12.8. The number of carbonyl (C=O) groups excluding carboxylic acids is 1. The highest BCUT2D eigenvalue weighted by Gasteiger charge is 2.46. The number of fused-ring (bicyclic) bond motifs is 4. The van der Waals surface area contributed by atoms with Gasteiger partial charge in [-0.3, -0.25) is 0 Å². The number of allylic oxidation sites excluding steroid dienone is 1. The smallest absolute Gasteiger partial charge is 0.330 e.